The lowest BCUT2D eigenvalue weighted by Gasteiger charge is -2.14. The van der Waals surface area contributed by atoms with Crippen LogP contribution in [0.1, 0.15) is 23.9 Å². The lowest BCUT2D eigenvalue weighted by atomic mass is 10.1. The van der Waals surface area contributed by atoms with Crippen LogP contribution in [0, 0.1) is 0 Å². The van der Waals surface area contributed by atoms with Crippen LogP contribution in [0.4, 0.5) is 0 Å². The molecule has 0 radical (unpaired) electrons. The molecule has 0 bridgehead atoms. The van der Waals surface area contributed by atoms with Gasteiger partial charge in [0.05, 0.1) is 34.8 Å². The number of furan rings is 1. The number of hydrogen-bond donors (Lipinski definition) is 1. The molecule has 0 aliphatic rings. The number of carbonyl (C=O) groups is 1. The molecule has 0 spiro atoms. The van der Waals surface area contributed by atoms with Crippen molar-refractivity contribution in [2.45, 2.75) is 30.2 Å². The molecule has 0 unspecified atom stereocenters. The molecule has 1 amide bonds. The number of carbonyl (C=O) groups excluding carboxylic acids is 1. The van der Waals surface area contributed by atoms with E-state index in [1.807, 2.05) is 61.5 Å². The van der Waals surface area contributed by atoms with Crippen molar-refractivity contribution in [2.75, 3.05) is 0 Å². The number of fused-ring (bicyclic) bond motifs is 1. The predicted molar refractivity (Wildman–Crippen MR) is 120 cm³/mol. The predicted octanol–water partition coefficient (Wildman–Crippen LogP) is 5.26. The average Bonchev–Trinajstić information content (AvgIpc) is 3.27. The standard InChI is InChI=1S/C23H20ClN3O2S/c1-15(22(28)25-14-18-5-4-12-29-18)30-23-21(13-16-8-10-17(24)11-9-16)26-19-6-2-3-7-20(19)27-23/h2-12,15H,13-14H2,1H3,(H,25,28)/t15-/m1/s1. The first-order valence-corrected chi connectivity index (χ1v) is 10.8. The van der Waals surface area contributed by atoms with Crippen LogP contribution >= 0.6 is 23.4 Å². The van der Waals surface area contributed by atoms with Crippen molar-refractivity contribution >= 4 is 40.3 Å². The van der Waals surface area contributed by atoms with Crippen LogP contribution in [0.5, 0.6) is 0 Å². The minimum absolute atomic E-state index is 0.0798. The van der Waals surface area contributed by atoms with E-state index in [0.717, 1.165) is 33.1 Å². The summed E-state index contributed by atoms with van der Waals surface area (Å²) in [6, 6.07) is 19.1. The molecule has 4 aromatic rings. The Balaban J connectivity index is 1.56. The van der Waals surface area contributed by atoms with Gasteiger partial charge in [0, 0.05) is 11.4 Å². The SMILES string of the molecule is C[C@@H](Sc1nc2ccccc2nc1Cc1ccc(Cl)cc1)C(=O)NCc1ccco1. The summed E-state index contributed by atoms with van der Waals surface area (Å²) in [5.74, 6) is 0.637. The zero-order chi connectivity index (χ0) is 20.9. The van der Waals surface area contributed by atoms with Crippen LogP contribution in [0.3, 0.4) is 0 Å². The highest BCUT2D eigenvalue weighted by molar-refractivity contribution is 8.00. The number of thioether (sulfide) groups is 1. The minimum atomic E-state index is -0.334. The van der Waals surface area contributed by atoms with Gasteiger partial charge in [-0.15, -0.1) is 0 Å². The molecule has 1 N–H and O–H groups in total. The maximum Gasteiger partial charge on any atom is 0.233 e. The van der Waals surface area contributed by atoms with Crippen molar-refractivity contribution in [3.8, 4) is 0 Å². The van der Waals surface area contributed by atoms with Gasteiger partial charge in [-0.25, -0.2) is 9.97 Å². The molecule has 5 nitrogen and oxygen atoms in total. The van der Waals surface area contributed by atoms with Crippen LogP contribution in [0.2, 0.25) is 5.02 Å². The zero-order valence-electron chi connectivity index (χ0n) is 16.3. The Morgan fingerprint density at radius 3 is 2.50 bits per heavy atom. The fraction of sp³-hybridized carbons (Fsp3) is 0.174. The molecule has 4 rings (SSSR count). The van der Waals surface area contributed by atoms with Gasteiger partial charge in [0.15, 0.2) is 0 Å². The summed E-state index contributed by atoms with van der Waals surface area (Å²) >= 11 is 7.42. The van der Waals surface area contributed by atoms with Crippen LogP contribution in [0.25, 0.3) is 11.0 Å². The zero-order valence-corrected chi connectivity index (χ0v) is 17.9. The molecule has 1 atom stereocenters. The molecular weight excluding hydrogens is 418 g/mol. The monoisotopic (exact) mass is 437 g/mol. The Kier molecular flexibility index (Phi) is 6.35. The van der Waals surface area contributed by atoms with Crippen LogP contribution in [0.15, 0.2) is 76.4 Å². The normalized spacial score (nSPS) is 12.1. The summed E-state index contributed by atoms with van der Waals surface area (Å²) in [5, 5.41) is 4.02. The van der Waals surface area contributed by atoms with Gasteiger partial charge in [0.25, 0.3) is 0 Å². The van der Waals surface area contributed by atoms with E-state index in [1.165, 1.54) is 11.8 Å². The number of halogens is 1. The lowest BCUT2D eigenvalue weighted by Crippen LogP contribution is -2.30. The van der Waals surface area contributed by atoms with Gasteiger partial charge in [-0.05, 0) is 48.9 Å². The van der Waals surface area contributed by atoms with Gasteiger partial charge in [0.2, 0.25) is 5.91 Å². The molecule has 0 saturated heterocycles. The van der Waals surface area contributed by atoms with E-state index in [1.54, 1.807) is 12.3 Å². The molecule has 0 fully saturated rings. The highest BCUT2D eigenvalue weighted by Crippen LogP contribution is 2.28. The number of benzene rings is 2. The molecular formula is C23H20ClN3O2S. The smallest absolute Gasteiger partial charge is 0.233 e. The minimum Gasteiger partial charge on any atom is -0.467 e. The Morgan fingerprint density at radius 2 is 1.80 bits per heavy atom. The number of rotatable bonds is 7. The maximum atomic E-state index is 12.6. The number of hydrogen-bond acceptors (Lipinski definition) is 5. The van der Waals surface area contributed by atoms with Crippen LogP contribution in [-0.4, -0.2) is 21.1 Å². The molecule has 0 aliphatic carbocycles. The van der Waals surface area contributed by atoms with Gasteiger partial charge in [-0.1, -0.05) is 47.6 Å². The summed E-state index contributed by atoms with van der Waals surface area (Å²) in [6.07, 6.45) is 2.20. The van der Waals surface area contributed by atoms with E-state index in [4.69, 9.17) is 26.0 Å². The number of nitrogens with one attached hydrogen (secondary N) is 1. The van der Waals surface area contributed by atoms with Gasteiger partial charge >= 0.3 is 0 Å². The molecule has 2 aromatic carbocycles. The van der Waals surface area contributed by atoms with Gasteiger partial charge in [-0.2, -0.15) is 0 Å². The molecule has 152 valence electrons. The quantitative estimate of drug-likeness (QED) is 0.399. The molecule has 0 aliphatic heterocycles. The van der Waals surface area contributed by atoms with Crippen molar-refractivity contribution in [2.24, 2.45) is 0 Å². The van der Waals surface area contributed by atoms with Gasteiger partial charge in [0.1, 0.15) is 10.8 Å². The van der Waals surface area contributed by atoms with E-state index in [2.05, 4.69) is 5.32 Å². The first kappa shape index (κ1) is 20.4. The number of para-hydroxylation sites is 2. The molecule has 0 saturated carbocycles. The third-order valence-electron chi connectivity index (χ3n) is 4.57. The van der Waals surface area contributed by atoms with Gasteiger partial charge < -0.3 is 9.73 Å². The van der Waals surface area contributed by atoms with Crippen molar-refractivity contribution in [1.82, 2.24) is 15.3 Å². The van der Waals surface area contributed by atoms with Crippen molar-refractivity contribution < 1.29 is 9.21 Å². The average molecular weight is 438 g/mol. The van der Waals surface area contributed by atoms with E-state index in [9.17, 15) is 4.79 Å². The van der Waals surface area contributed by atoms with Crippen molar-refractivity contribution in [3.63, 3.8) is 0 Å². The Morgan fingerprint density at radius 1 is 1.07 bits per heavy atom. The second-order valence-electron chi connectivity index (χ2n) is 6.82. The molecule has 2 aromatic heterocycles. The fourth-order valence-electron chi connectivity index (χ4n) is 2.98. The topological polar surface area (TPSA) is 68.0 Å². The first-order chi connectivity index (χ1) is 14.6. The van der Waals surface area contributed by atoms with Crippen LogP contribution < -0.4 is 5.32 Å². The fourth-order valence-corrected chi connectivity index (χ4v) is 4.03. The first-order valence-electron chi connectivity index (χ1n) is 9.55. The highest BCUT2D eigenvalue weighted by Gasteiger charge is 2.19. The Labute approximate surface area is 183 Å². The summed E-state index contributed by atoms with van der Waals surface area (Å²) in [6.45, 7) is 2.23. The van der Waals surface area contributed by atoms with Crippen LogP contribution in [-0.2, 0) is 17.8 Å². The summed E-state index contributed by atoms with van der Waals surface area (Å²) in [4.78, 5) is 22.2. The Hall–Kier alpha value is -2.83. The molecule has 7 heteroatoms. The summed E-state index contributed by atoms with van der Waals surface area (Å²) in [5.41, 5.74) is 3.57. The van der Waals surface area contributed by atoms with Gasteiger partial charge in [-0.3, -0.25) is 4.79 Å². The largest absolute Gasteiger partial charge is 0.467 e. The number of amides is 1. The van der Waals surface area contributed by atoms with E-state index < -0.39 is 0 Å². The summed E-state index contributed by atoms with van der Waals surface area (Å²) in [7, 11) is 0. The van der Waals surface area contributed by atoms with E-state index >= 15 is 0 Å². The maximum absolute atomic E-state index is 12.6. The highest BCUT2D eigenvalue weighted by atomic mass is 35.5. The van der Waals surface area contributed by atoms with E-state index in [0.29, 0.717) is 18.0 Å². The summed E-state index contributed by atoms with van der Waals surface area (Å²) < 4.78 is 5.27. The Bertz CT molecular complexity index is 1150. The second-order valence-corrected chi connectivity index (χ2v) is 8.59. The third kappa shape index (κ3) is 5.01. The number of aromatic nitrogens is 2. The van der Waals surface area contributed by atoms with Crippen molar-refractivity contribution in [1.29, 1.82) is 0 Å². The number of nitrogens with zero attached hydrogens (tertiary/aromatic N) is 2. The second kappa shape index (κ2) is 9.32. The van der Waals surface area contributed by atoms with Crippen molar-refractivity contribution in [3.05, 3.63) is 89.0 Å². The van der Waals surface area contributed by atoms with E-state index in [-0.39, 0.29) is 11.2 Å². The molecule has 2 heterocycles. The third-order valence-corrected chi connectivity index (χ3v) is 5.94. The lowest BCUT2D eigenvalue weighted by molar-refractivity contribution is -0.120. The molecule has 30 heavy (non-hydrogen) atoms.